The van der Waals surface area contributed by atoms with Crippen molar-refractivity contribution in [3.8, 4) is 0 Å². The van der Waals surface area contributed by atoms with E-state index in [1.54, 1.807) is 0 Å². The predicted octanol–water partition coefficient (Wildman–Crippen LogP) is 2.88. The molecule has 1 aliphatic rings. The van der Waals surface area contributed by atoms with Crippen molar-refractivity contribution in [1.82, 2.24) is 0 Å². The monoisotopic (exact) mass is 191 g/mol. The number of fused-ring (bicyclic) bond motifs is 1. The van der Waals surface area contributed by atoms with Crippen LogP contribution < -0.4 is 0 Å². The Labute approximate surface area is 88.6 Å². The Morgan fingerprint density at radius 2 is 1.50 bits per heavy atom. The van der Waals surface area contributed by atoms with Crippen molar-refractivity contribution in [2.75, 3.05) is 0 Å². The van der Waals surface area contributed by atoms with E-state index in [0.29, 0.717) is 0 Å². The van der Waals surface area contributed by atoms with E-state index in [9.17, 15) is 0 Å². The summed E-state index contributed by atoms with van der Waals surface area (Å²) < 4.78 is 0. The maximum absolute atomic E-state index is 2.18. The summed E-state index contributed by atoms with van der Waals surface area (Å²) in [6, 6.07) is 4.36. The van der Waals surface area contributed by atoms with Gasteiger partial charge in [0.25, 0.3) is 0 Å². The third-order valence-electron chi connectivity index (χ3n) is 2.25. The van der Waals surface area contributed by atoms with Crippen LogP contribution in [0.15, 0.2) is 18.2 Å². The predicted molar refractivity (Wildman–Crippen MR) is 48.4 cm³/mol. The fourth-order valence-electron chi connectivity index (χ4n) is 1.54. The fraction of sp³-hybridized carbons (Fsp3) is 0.182. The molecule has 1 aromatic rings. The molecule has 0 unspecified atom stereocenters. The third kappa shape index (κ3) is 1.42. The van der Waals surface area contributed by atoms with E-state index < -0.39 is 0 Å². The molecule has 59 valence electrons. The van der Waals surface area contributed by atoms with Crippen LogP contribution in [0, 0.1) is 20.3 Å². The smallest absolute Gasteiger partial charge is 0.0134 e. The molecule has 0 N–H and O–H groups in total. The maximum atomic E-state index is 2.18. The second-order valence-electron chi connectivity index (χ2n) is 3.05. The number of hydrogen-bond donors (Lipinski definition) is 0. The SMILES string of the molecule is Cc1ccc(C)c2c1[CH]C=C2.[Ti]. The van der Waals surface area contributed by atoms with Gasteiger partial charge in [-0.1, -0.05) is 24.3 Å². The second-order valence-corrected chi connectivity index (χ2v) is 3.05. The molecule has 2 rings (SSSR count). The number of allylic oxidation sites excluding steroid dienone is 1. The Morgan fingerprint density at radius 1 is 0.917 bits per heavy atom. The molecule has 0 atom stereocenters. The van der Waals surface area contributed by atoms with Crippen LogP contribution in [0.25, 0.3) is 6.08 Å². The van der Waals surface area contributed by atoms with Crippen molar-refractivity contribution < 1.29 is 21.7 Å². The van der Waals surface area contributed by atoms with Gasteiger partial charge in [0.05, 0.1) is 0 Å². The fourth-order valence-corrected chi connectivity index (χ4v) is 1.54. The Morgan fingerprint density at radius 3 is 2.08 bits per heavy atom. The van der Waals surface area contributed by atoms with Crippen molar-refractivity contribution in [3.63, 3.8) is 0 Å². The van der Waals surface area contributed by atoms with Gasteiger partial charge in [-0.25, -0.2) is 0 Å². The third-order valence-corrected chi connectivity index (χ3v) is 2.25. The van der Waals surface area contributed by atoms with Crippen LogP contribution in [-0.4, -0.2) is 0 Å². The Kier molecular flexibility index (Phi) is 2.92. The molecule has 12 heavy (non-hydrogen) atoms. The average Bonchev–Trinajstić information content (AvgIpc) is 2.45. The van der Waals surface area contributed by atoms with Crippen LogP contribution >= 0.6 is 0 Å². The van der Waals surface area contributed by atoms with Gasteiger partial charge in [0, 0.05) is 28.1 Å². The number of hydrogen-bond acceptors (Lipinski definition) is 0. The standard InChI is InChI=1S/C11H11.Ti/c1-8-6-7-9(2)11-5-3-4-10(8)11;/h3-7H,1-2H3;. The summed E-state index contributed by atoms with van der Waals surface area (Å²) in [4.78, 5) is 0. The molecule has 1 aromatic carbocycles. The zero-order valence-corrected chi connectivity index (χ0v) is 8.95. The van der Waals surface area contributed by atoms with Gasteiger partial charge in [-0.2, -0.15) is 0 Å². The molecule has 0 bridgehead atoms. The van der Waals surface area contributed by atoms with Gasteiger partial charge >= 0.3 is 0 Å². The van der Waals surface area contributed by atoms with E-state index in [-0.39, 0.29) is 21.7 Å². The molecule has 1 radical (unpaired) electrons. The minimum Gasteiger partial charge on any atom is -0.0754 e. The van der Waals surface area contributed by atoms with E-state index in [1.165, 1.54) is 22.3 Å². The Balaban J connectivity index is 0.000000720. The van der Waals surface area contributed by atoms with E-state index in [1.807, 2.05) is 0 Å². The van der Waals surface area contributed by atoms with Crippen LogP contribution in [-0.2, 0) is 21.7 Å². The first-order valence-corrected chi connectivity index (χ1v) is 3.90. The van der Waals surface area contributed by atoms with Crippen molar-refractivity contribution in [1.29, 1.82) is 0 Å². The molecule has 1 aliphatic carbocycles. The van der Waals surface area contributed by atoms with Crippen LogP contribution in [0.5, 0.6) is 0 Å². The Hall–Kier alpha value is -0.326. The average molecular weight is 191 g/mol. The molecule has 0 aromatic heterocycles. The zero-order chi connectivity index (χ0) is 7.84. The second kappa shape index (κ2) is 3.59. The minimum absolute atomic E-state index is 0. The summed E-state index contributed by atoms with van der Waals surface area (Å²) in [5.74, 6) is 0. The van der Waals surface area contributed by atoms with Crippen molar-refractivity contribution in [2.24, 2.45) is 0 Å². The van der Waals surface area contributed by atoms with Gasteiger partial charge in [-0.3, -0.25) is 0 Å². The molecule has 0 saturated heterocycles. The summed E-state index contributed by atoms with van der Waals surface area (Å²) in [5.41, 5.74) is 5.53. The van der Waals surface area contributed by atoms with Gasteiger partial charge in [0.1, 0.15) is 0 Å². The van der Waals surface area contributed by atoms with Crippen molar-refractivity contribution >= 4 is 6.08 Å². The first-order chi connectivity index (χ1) is 5.29. The van der Waals surface area contributed by atoms with E-state index in [4.69, 9.17) is 0 Å². The van der Waals surface area contributed by atoms with Gasteiger partial charge in [0.2, 0.25) is 0 Å². The molecule has 0 amide bonds. The first kappa shape index (κ1) is 9.76. The molecular formula is C11H11Ti. The van der Waals surface area contributed by atoms with Crippen LogP contribution in [0.1, 0.15) is 22.3 Å². The summed E-state index contributed by atoms with van der Waals surface area (Å²) in [7, 11) is 0. The molecule has 0 saturated carbocycles. The Bertz CT molecular complexity index is 324. The van der Waals surface area contributed by atoms with Crippen LogP contribution in [0.4, 0.5) is 0 Å². The van der Waals surface area contributed by atoms with E-state index in [2.05, 4.69) is 44.6 Å². The van der Waals surface area contributed by atoms with Gasteiger partial charge < -0.3 is 0 Å². The molecule has 0 aliphatic heterocycles. The summed E-state index contributed by atoms with van der Waals surface area (Å²) in [6.45, 7) is 4.31. The summed E-state index contributed by atoms with van der Waals surface area (Å²) >= 11 is 0. The molecule has 0 heterocycles. The van der Waals surface area contributed by atoms with Gasteiger partial charge in [0.15, 0.2) is 0 Å². The zero-order valence-electron chi connectivity index (χ0n) is 7.39. The van der Waals surface area contributed by atoms with Gasteiger partial charge in [-0.05, 0) is 36.1 Å². The molecule has 0 spiro atoms. The number of rotatable bonds is 0. The summed E-state index contributed by atoms with van der Waals surface area (Å²) in [6.07, 6.45) is 6.47. The van der Waals surface area contributed by atoms with Crippen molar-refractivity contribution in [3.05, 3.63) is 46.9 Å². The number of benzene rings is 1. The normalized spacial score (nSPS) is 12.5. The quantitative estimate of drug-likeness (QED) is 0.553. The maximum Gasteiger partial charge on any atom is 0.0134 e. The molecule has 0 fully saturated rings. The molecule has 1 heteroatoms. The first-order valence-electron chi connectivity index (χ1n) is 3.90. The topological polar surface area (TPSA) is 0 Å². The molecular weight excluding hydrogens is 180 g/mol. The number of aryl methyl sites for hydroxylation is 2. The van der Waals surface area contributed by atoms with E-state index >= 15 is 0 Å². The van der Waals surface area contributed by atoms with Crippen LogP contribution in [0.2, 0.25) is 0 Å². The van der Waals surface area contributed by atoms with Gasteiger partial charge in [-0.15, -0.1) is 0 Å². The van der Waals surface area contributed by atoms with E-state index in [0.717, 1.165) is 0 Å². The van der Waals surface area contributed by atoms with Crippen molar-refractivity contribution in [2.45, 2.75) is 13.8 Å². The molecule has 0 nitrogen and oxygen atoms in total. The largest absolute Gasteiger partial charge is 0.0754 e. The van der Waals surface area contributed by atoms with Crippen LogP contribution in [0.3, 0.4) is 0 Å². The minimum atomic E-state index is 0. The summed E-state index contributed by atoms with van der Waals surface area (Å²) in [5, 5.41) is 0.